The van der Waals surface area contributed by atoms with Crippen molar-refractivity contribution in [2.45, 2.75) is 13.3 Å². The molecule has 0 saturated heterocycles. The average Bonchev–Trinajstić information content (AvgIpc) is 2.61. The van der Waals surface area contributed by atoms with E-state index < -0.39 is 35.0 Å². The van der Waals surface area contributed by atoms with Crippen LogP contribution in [0.5, 0.6) is 0 Å². The van der Waals surface area contributed by atoms with Gasteiger partial charge >= 0.3 is 0 Å². The summed E-state index contributed by atoms with van der Waals surface area (Å²) >= 11 is 0. The molecule has 0 radical (unpaired) electrons. The molecule has 26 heavy (non-hydrogen) atoms. The van der Waals surface area contributed by atoms with Crippen molar-refractivity contribution in [2.75, 3.05) is 16.8 Å². The molecule has 0 aliphatic rings. The van der Waals surface area contributed by atoms with Gasteiger partial charge in [0.05, 0.1) is 16.9 Å². The molecule has 0 saturated carbocycles. The molecule has 0 aromatic heterocycles. The second-order valence-corrected chi connectivity index (χ2v) is 5.32. The van der Waals surface area contributed by atoms with E-state index in [2.05, 4.69) is 5.32 Å². The van der Waals surface area contributed by atoms with E-state index >= 15 is 0 Å². The summed E-state index contributed by atoms with van der Waals surface area (Å²) in [6.07, 6.45) is -0.238. The fourth-order valence-electron chi connectivity index (χ4n) is 2.29. The number of nitriles is 1. The lowest BCUT2D eigenvalue weighted by Crippen LogP contribution is -2.33. The summed E-state index contributed by atoms with van der Waals surface area (Å²) in [5, 5.41) is 11.5. The number of rotatable bonds is 5. The highest BCUT2D eigenvalue weighted by Gasteiger charge is 2.21. The molecule has 0 unspecified atom stereocenters. The van der Waals surface area contributed by atoms with E-state index in [1.165, 1.54) is 12.1 Å². The predicted molar refractivity (Wildman–Crippen MR) is 88.7 cm³/mol. The molecular weight excluding hydrogens is 347 g/mol. The lowest BCUT2D eigenvalue weighted by molar-refractivity contribution is -0.117. The van der Waals surface area contributed by atoms with Gasteiger partial charge in [0, 0.05) is 19.9 Å². The van der Waals surface area contributed by atoms with Gasteiger partial charge in [0.15, 0.2) is 17.5 Å². The number of nitrogens with zero attached hydrogens (tertiary/aromatic N) is 2. The van der Waals surface area contributed by atoms with E-state index in [9.17, 15) is 22.8 Å². The van der Waals surface area contributed by atoms with Crippen LogP contribution in [-0.2, 0) is 9.59 Å². The summed E-state index contributed by atoms with van der Waals surface area (Å²) in [6, 6.07) is 9.88. The second-order valence-electron chi connectivity index (χ2n) is 5.32. The Kier molecular flexibility index (Phi) is 5.96. The highest BCUT2D eigenvalue weighted by Crippen LogP contribution is 2.24. The molecule has 0 bridgehead atoms. The summed E-state index contributed by atoms with van der Waals surface area (Å²) in [7, 11) is 0. The molecule has 0 aliphatic carbocycles. The molecule has 8 heteroatoms. The van der Waals surface area contributed by atoms with Gasteiger partial charge in [-0.15, -0.1) is 0 Å². The molecule has 2 amide bonds. The molecule has 2 rings (SSSR count). The molecule has 0 fully saturated rings. The zero-order chi connectivity index (χ0) is 19.3. The van der Waals surface area contributed by atoms with Crippen LogP contribution in [-0.4, -0.2) is 18.4 Å². The maximum Gasteiger partial charge on any atom is 0.226 e. The highest BCUT2D eigenvalue weighted by molar-refractivity contribution is 5.95. The van der Waals surface area contributed by atoms with Crippen LogP contribution in [0.4, 0.5) is 24.5 Å². The maximum absolute atomic E-state index is 13.9. The van der Waals surface area contributed by atoms with Crippen molar-refractivity contribution in [1.29, 1.82) is 5.26 Å². The van der Waals surface area contributed by atoms with Crippen LogP contribution in [0.3, 0.4) is 0 Å². The average molecular weight is 361 g/mol. The van der Waals surface area contributed by atoms with Crippen LogP contribution >= 0.6 is 0 Å². The number of benzene rings is 2. The predicted octanol–water partition coefficient (Wildman–Crippen LogP) is 3.36. The lowest BCUT2D eigenvalue weighted by Gasteiger charge is -2.21. The first kappa shape index (κ1) is 19.0. The van der Waals surface area contributed by atoms with Gasteiger partial charge in [-0.05, 0) is 24.3 Å². The molecular formula is C18H14F3N3O2. The summed E-state index contributed by atoms with van der Waals surface area (Å²) in [5.41, 5.74) is 0.103. The molecule has 2 aromatic rings. The zero-order valence-corrected chi connectivity index (χ0v) is 13.7. The van der Waals surface area contributed by atoms with Crippen molar-refractivity contribution in [3.8, 4) is 6.07 Å². The summed E-state index contributed by atoms with van der Waals surface area (Å²) in [5.74, 6) is -5.74. The Morgan fingerprint density at radius 1 is 1.12 bits per heavy atom. The fraction of sp³-hybridized carbons (Fsp3) is 0.167. The second kappa shape index (κ2) is 8.16. The SMILES string of the molecule is CC(=O)N(CCC(=O)Nc1ccccc1C#N)c1ccc(F)c(F)c1F. The third kappa shape index (κ3) is 4.19. The van der Waals surface area contributed by atoms with Crippen molar-refractivity contribution in [3.63, 3.8) is 0 Å². The van der Waals surface area contributed by atoms with Gasteiger partial charge in [-0.3, -0.25) is 9.59 Å². The van der Waals surface area contributed by atoms with Gasteiger partial charge < -0.3 is 10.2 Å². The van der Waals surface area contributed by atoms with Crippen molar-refractivity contribution in [2.24, 2.45) is 0 Å². The minimum Gasteiger partial charge on any atom is -0.325 e. The monoisotopic (exact) mass is 361 g/mol. The Morgan fingerprint density at radius 2 is 1.81 bits per heavy atom. The van der Waals surface area contributed by atoms with Gasteiger partial charge in [-0.1, -0.05) is 12.1 Å². The molecule has 134 valence electrons. The lowest BCUT2D eigenvalue weighted by atomic mass is 10.2. The van der Waals surface area contributed by atoms with E-state index in [1.807, 2.05) is 6.07 Å². The number of hydrogen-bond acceptors (Lipinski definition) is 3. The van der Waals surface area contributed by atoms with Crippen LogP contribution in [0, 0.1) is 28.8 Å². The van der Waals surface area contributed by atoms with Crippen LogP contribution in [0.2, 0.25) is 0 Å². The fourth-order valence-corrected chi connectivity index (χ4v) is 2.29. The van der Waals surface area contributed by atoms with Crippen LogP contribution in [0.15, 0.2) is 36.4 Å². The van der Waals surface area contributed by atoms with E-state index in [-0.39, 0.29) is 18.5 Å². The van der Waals surface area contributed by atoms with E-state index in [0.717, 1.165) is 17.9 Å². The van der Waals surface area contributed by atoms with Gasteiger partial charge in [0.2, 0.25) is 11.8 Å². The first-order valence-electron chi connectivity index (χ1n) is 7.55. The van der Waals surface area contributed by atoms with Crippen LogP contribution in [0.1, 0.15) is 18.9 Å². The van der Waals surface area contributed by atoms with Gasteiger partial charge in [0.25, 0.3) is 0 Å². The number of carbonyl (C=O) groups is 2. The third-order valence-corrected chi connectivity index (χ3v) is 3.57. The van der Waals surface area contributed by atoms with Crippen molar-refractivity contribution in [1.82, 2.24) is 0 Å². The number of carbonyl (C=O) groups excluding carboxylic acids is 2. The normalized spacial score (nSPS) is 10.1. The number of para-hydroxylation sites is 1. The molecule has 0 aliphatic heterocycles. The highest BCUT2D eigenvalue weighted by atomic mass is 19.2. The van der Waals surface area contributed by atoms with Crippen molar-refractivity contribution in [3.05, 3.63) is 59.4 Å². The van der Waals surface area contributed by atoms with Gasteiger partial charge in [0.1, 0.15) is 6.07 Å². The molecule has 0 heterocycles. The first-order chi connectivity index (χ1) is 12.3. The molecule has 2 aromatic carbocycles. The molecule has 0 atom stereocenters. The van der Waals surface area contributed by atoms with Crippen molar-refractivity contribution < 1.29 is 22.8 Å². The standard InChI is InChI=1S/C18H14F3N3O2/c1-11(25)24(15-7-6-13(19)17(20)18(15)21)9-8-16(26)23-14-5-3-2-4-12(14)10-22/h2-7H,8-9H2,1H3,(H,23,26). The third-order valence-electron chi connectivity index (χ3n) is 3.57. The van der Waals surface area contributed by atoms with Gasteiger partial charge in [-0.25, -0.2) is 13.2 Å². The first-order valence-corrected chi connectivity index (χ1v) is 7.55. The smallest absolute Gasteiger partial charge is 0.226 e. The number of nitrogens with one attached hydrogen (secondary N) is 1. The summed E-state index contributed by atoms with van der Waals surface area (Å²) in [4.78, 5) is 24.6. The number of anilines is 2. The molecule has 5 nitrogen and oxygen atoms in total. The number of halogens is 3. The Hall–Kier alpha value is -3.34. The molecule has 0 spiro atoms. The summed E-state index contributed by atoms with van der Waals surface area (Å²) in [6.45, 7) is 0.863. The Labute approximate surface area is 147 Å². The summed E-state index contributed by atoms with van der Waals surface area (Å²) < 4.78 is 40.3. The van der Waals surface area contributed by atoms with Crippen LogP contribution < -0.4 is 10.2 Å². The quantitative estimate of drug-likeness (QED) is 0.830. The largest absolute Gasteiger partial charge is 0.325 e. The zero-order valence-electron chi connectivity index (χ0n) is 13.7. The van der Waals surface area contributed by atoms with E-state index in [4.69, 9.17) is 5.26 Å². The topological polar surface area (TPSA) is 73.2 Å². The number of amides is 2. The minimum absolute atomic E-state index is 0.238. The Morgan fingerprint density at radius 3 is 2.46 bits per heavy atom. The van der Waals surface area contributed by atoms with Crippen molar-refractivity contribution >= 4 is 23.2 Å². The molecule has 1 N–H and O–H groups in total. The van der Waals surface area contributed by atoms with E-state index in [1.54, 1.807) is 12.1 Å². The number of hydrogen-bond donors (Lipinski definition) is 1. The van der Waals surface area contributed by atoms with Gasteiger partial charge in [-0.2, -0.15) is 5.26 Å². The maximum atomic E-state index is 13.9. The Balaban J connectivity index is 2.12. The van der Waals surface area contributed by atoms with Crippen LogP contribution in [0.25, 0.3) is 0 Å². The minimum atomic E-state index is -1.69. The Bertz CT molecular complexity index is 894. The van der Waals surface area contributed by atoms with E-state index in [0.29, 0.717) is 11.8 Å².